The average Bonchev–Trinajstić information content (AvgIpc) is 2.68. The van der Waals surface area contributed by atoms with Crippen molar-refractivity contribution < 1.29 is 10.2 Å². The molecule has 2 N–H and O–H groups in total. The van der Waals surface area contributed by atoms with E-state index in [4.69, 9.17) is 0 Å². The van der Waals surface area contributed by atoms with Gasteiger partial charge in [0.2, 0.25) is 0 Å². The third-order valence-corrected chi connectivity index (χ3v) is 4.85. The third-order valence-electron chi connectivity index (χ3n) is 4.85. The predicted molar refractivity (Wildman–Crippen MR) is 81.9 cm³/mol. The van der Waals surface area contributed by atoms with Gasteiger partial charge in [-0.1, -0.05) is 37.8 Å². The van der Waals surface area contributed by atoms with Crippen LogP contribution in [0.4, 0.5) is 0 Å². The van der Waals surface area contributed by atoms with Crippen molar-refractivity contribution in [3.05, 3.63) is 29.8 Å². The molecule has 1 atom stereocenters. The highest BCUT2D eigenvalue weighted by atomic mass is 16.3. The van der Waals surface area contributed by atoms with E-state index in [0.29, 0.717) is 6.42 Å². The Hall–Kier alpha value is -1.06. The van der Waals surface area contributed by atoms with Crippen molar-refractivity contribution in [1.29, 1.82) is 0 Å². The standard InChI is InChI=1S/C17H27NO2/c1-18(2)17(11-5-3-4-6-12-17)16(20)13-14-7-9-15(19)10-8-14/h7-10,16,19-20H,3-6,11-13H2,1-2H3. The fraction of sp³-hybridized carbons (Fsp3) is 0.647. The highest BCUT2D eigenvalue weighted by Crippen LogP contribution is 2.35. The summed E-state index contributed by atoms with van der Waals surface area (Å²) < 4.78 is 0. The molecule has 0 saturated heterocycles. The van der Waals surface area contributed by atoms with Gasteiger partial charge in [-0.2, -0.15) is 0 Å². The van der Waals surface area contributed by atoms with E-state index in [1.54, 1.807) is 12.1 Å². The van der Waals surface area contributed by atoms with Gasteiger partial charge in [0, 0.05) is 12.0 Å². The maximum Gasteiger partial charge on any atom is 0.115 e. The molecular formula is C17H27NO2. The molecule has 1 aromatic carbocycles. The molecule has 1 aromatic rings. The lowest BCUT2D eigenvalue weighted by atomic mass is 9.80. The van der Waals surface area contributed by atoms with E-state index in [1.165, 1.54) is 25.7 Å². The van der Waals surface area contributed by atoms with Gasteiger partial charge in [-0.25, -0.2) is 0 Å². The van der Waals surface area contributed by atoms with Crippen molar-refractivity contribution in [2.24, 2.45) is 0 Å². The number of aromatic hydroxyl groups is 1. The molecule has 0 aliphatic heterocycles. The lowest BCUT2D eigenvalue weighted by molar-refractivity contribution is -0.0174. The zero-order valence-corrected chi connectivity index (χ0v) is 12.7. The monoisotopic (exact) mass is 277 g/mol. The molecule has 0 bridgehead atoms. The molecule has 0 amide bonds. The second-order valence-electron chi connectivity index (χ2n) is 6.30. The summed E-state index contributed by atoms with van der Waals surface area (Å²) in [4.78, 5) is 2.23. The second-order valence-corrected chi connectivity index (χ2v) is 6.30. The number of nitrogens with zero attached hydrogens (tertiary/aromatic N) is 1. The lowest BCUT2D eigenvalue weighted by Gasteiger charge is -2.43. The highest BCUT2D eigenvalue weighted by molar-refractivity contribution is 5.26. The molecule has 1 fully saturated rings. The highest BCUT2D eigenvalue weighted by Gasteiger charge is 2.39. The molecule has 0 radical (unpaired) electrons. The van der Waals surface area contributed by atoms with Crippen LogP contribution in [0, 0.1) is 0 Å². The molecule has 3 nitrogen and oxygen atoms in total. The Morgan fingerprint density at radius 2 is 1.60 bits per heavy atom. The maximum absolute atomic E-state index is 10.8. The van der Waals surface area contributed by atoms with Crippen LogP contribution in [0.2, 0.25) is 0 Å². The summed E-state index contributed by atoms with van der Waals surface area (Å²) >= 11 is 0. The summed E-state index contributed by atoms with van der Waals surface area (Å²) in [6.45, 7) is 0. The summed E-state index contributed by atoms with van der Waals surface area (Å²) in [6.07, 6.45) is 7.38. The molecule has 3 heteroatoms. The van der Waals surface area contributed by atoms with Crippen molar-refractivity contribution in [2.45, 2.75) is 56.6 Å². The van der Waals surface area contributed by atoms with Crippen LogP contribution < -0.4 is 0 Å². The second kappa shape index (κ2) is 6.59. The van der Waals surface area contributed by atoms with Crippen molar-refractivity contribution in [2.75, 3.05) is 14.1 Å². The minimum Gasteiger partial charge on any atom is -0.508 e. The van der Waals surface area contributed by atoms with Gasteiger partial charge < -0.3 is 15.1 Å². The first-order chi connectivity index (χ1) is 9.54. The Kier molecular flexibility index (Phi) is 5.06. The Morgan fingerprint density at radius 1 is 1.05 bits per heavy atom. The first-order valence-electron chi connectivity index (χ1n) is 7.68. The van der Waals surface area contributed by atoms with Crippen LogP contribution in [-0.4, -0.2) is 40.9 Å². The number of likely N-dealkylation sites (N-methyl/N-ethyl adjacent to an activating group) is 1. The first kappa shape index (κ1) is 15.3. The first-order valence-corrected chi connectivity index (χ1v) is 7.68. The van der Waals surface area contributed by atoms with E-state index < -0.39 is 0 Å². The van der Waals surface area contributed by atoms with Crippen LogP contribution in [0.25, 0.3) is 0 Å². The van der Waals surface area contributed by atoms with Gasteiger partial charge in [-0.3, -0.25) is 0 Å². The van der Waals surface area contributed by atoms with Crippen molar-refractivity contribution in [1.82, 2.24) is 4.90 Å². The fourth-order valence-electron chi connectivity index (χ4n) is 3.46. The van der Waals surface area contributed by atoms with Gasteiger partial charge in [-0.15, -0.1) is 0 Å². The summed E-state index contributed by atoms with van der Waals surface area (Å²) in [5.74, 6) is 0.278. The molecule has 2 rings (SSSR count). The number of aliphatic hydroxyl groups excluding tert-OH is 1. The number of aliphatic hydroxyl groups is 1. The number of phenolic OH excluding ortho intramolecular Hbond substituents is 1. The molecule has 0 heterocycles. The maximum atomic E-state index is 10.8. The third kappa shape index (κ3) is 3.33. The molecule has 1 aliphatic carbocycles. The predicted octanol–water partition coefficient (Wildman–Crippen LogP) is 2.95. The smallest absolute Gasteiger partial charge is 0.115 e. The van der Waals surface area contributed by atoms with Crippen molar-refractivity contribution in [3.8, 4) is 5.75 Å². The zero-order chi connectivity index (χ0) is 14.6. The summed E-state index contributed by atoms with van der Waals surface area (Å²) in [5.41, 5.74) is 0.981. The van der Waals surface area contributed by atoms with E-state index in [0.717, 1.165) is 18.4 Å². The van der Waals surface area contributed by atoms with Crippen LogP contribution in [0.15, 0.2) is 24.3 Å². The van der Waals surface area contributed by atoms with Crippen molar-refractivity contribution in [3.63, 3.8) is 0 Å². The molecule has 1 saturated carbocycles. The number of benzene rings is 1. The number of hydrogen-bond acceptors (Lipinski definition) is 3. The van der Waals surface area contributed by atoms with Gasteiger partial charge in [0.1, 0.15) is 5.75 Å². The number of hydrogen-bond donors (Lipinski definition) is 2. The molecule has 0 aromatic heterocycles. The van der Waals surface area contributed by atoms with Crippen LogP contribution >= 0.6 is 0 Å². The van der Waals surface area contributed by atoms with E-state index in [1.807, 2.05) is 12.1 Å². The SMILES string of the molecule is CN(C)C1(C(O)Cc2ccc(O)cc2)CCCCCC1. The minimum absolute atomic E-state index is 0.103. The number of phenols is 1. The van der Waals surface area contributed by atoms with Crippen LogP contribution in [0.5, 0.6) is 5.75 Å². The van der Waals surface area contributed by atoms with Gasteiger partial charge in [0.05, 0.1) is 6.10 Å². The number of rotatable bonds is 4. The molecule has 1 aliphatic rings. The zero-order valence-electron chi connectivity index (χ0n) is 12.7. The fourth-order valence-corrected chi connectivity index (χ4v) is 3.46. The van der Waals surface area contributed by atoms with Crippen molar-refractivity contribution >= 4 is 0 Å². The largest absolute Gasteiger partial charge is 0.508 e. The normalized spacial score (nSPS) is 20.6. The summed E-state index contributed by atoms with van der Waals surface area (Å²) in [5, 5.41) is 20.2. The Labute approximate surface area is 122 Å². The van der Waals surface area contributed by atoms with E-state index >= 15 is 0 Å². The van der Waals surface area contributed by atoms with Gasteiger partial charge in [-0.05, 0) is 44.6 Å². The van der Waals surface area contributed by atoms with E-state index in [-0.39, 0.29) is 17.4 Å². The van der Waals surface area contributed by atoms with Gasteiger partial charge >= 0.3 is 0 Å². The Morgan fingerprint density at radius 3 is 2.10 bits per heavy atom. The van der Waals surface area contributed by atoms with Crippen LogP contribution in [0.3, 0.4) is 0 Å². The van der Waals surface area contributed by atoms with Crippen LogP contribution in [-0.2, 0) is 6.42 Å². The summed E-state index contributed by atoms with van der Waals surface area (Å²) in [7, 11) is 4.18. The minimum atomic E-state index is -0.361. The molecule has 0 spiro atoms. The average molecular weight is 277 g/mol. The summed E-state index contributed by atoms with van der Waals surface area (Å²) in [6, 6.07) is 7.19. The molecule has 1 unspecified atom stereocenters. The quantitative estimate of drug-likeness (QED) is 0.832. The Bertz CT molecular complexity index is 406. The van der Waals surface area contributed by atoms with Gasteiger partial charge in [0.15, 0.2) is 0 Å². The van der Waals surface area contributed by atoms with Gasteiger partial charge in [0.25, 0.3) is 0 Å². The molecular weight excluding hydrogens is 250 g/mol. The van der Waals surface area contributed by atoms with E-state index in [9.17, 15) is 10.2 Å². The van der Waals surface area contributed by atoms with E-state index in [2.05, 4.69) is 19.0 Å². The topological polar surface area (TPSA) is 43.7 Å². The lowest BCUT2D eigenvalue weighted by Crippen LogP contribution is -2.54. The molecule has 112 valence electrons. The molecule has 20 heavy (non-hydrogen) atoms. The Balaban J connectivity index is 2.13. The van der Waals surface area contributed by atoms with Crippen LogP contribution in [0.1, 0.15) is 44.1 Å².